The summed E-state index contributed by atoms with van der Waals surface area (Å²) in [5.41, 5.74) is 3.23. The Balaban J connectivity index is 1.60. The van der Waals surface area contributed by atoms with E-state index in [4.69, 9.17) is 9.47 Å². The highest BCUT2D eigenvalue weighted by Gasteiger charge is 2.30. The molecule has 0 N–H and O–H groups in total. The van der Waals surface area contributed by atoms with Crippen LogP contribution in [-0.4, -0.2) is 32.5 Å². The average Bonchev–Trinajstić information content (AvgIpc) is 2.65. The zero-order valence-corrected chi connectivity index (χ0v) is 16.8. The molecule has 0 radical (unpaired) electrons. The van der Waals surface area contributed by atoms with Gasteiger partial charge in [0.2, 0.25) is 10.0 Å². The Hall–Kier alpha value is -2.05. The number of rotatable bonds is 2. The van der Waals surface area contributed by atoms with E-state index in [1.807, 2.05) is 24.3 Å². The topological polar surface area (TPSA) is 55.8 Å². The van der Waals surface area contributed by atoms with Gasteiger partial charge in [0.25, 0.3) is 0 Å². The van der Waals surface area contributed by atoms with Crippen LogP contribution < -0.4 is 9.47 Å². The second-order valence-electron chi connectivity index (χ2n) is 8.13. The molecule has 0 atom stereocenters. The van der Waals surface area contributed by atoms with Gasteiger partial charge < -0.3 is 9.47 Å². The highest BCUT2D eigenvalue weighted by atomic mass is 32.2. The van der Waals surface area contributed by atoms with Gasteiger partial charge in [-0.1, -0.05) is 32.9 Å². The quantitative estimate of drug-likeness (QED) is 0.791. The average molecular weight is 388 g/mol. The summed E-state index contributed by atoms with van der Waals surface area (Å²) in [5.74, 6) is 1.46. The molecule has 0 amide bonds. The third-order valence-electron chi connectivity index (χ3n) is 5.20. The summed E-state index contributed by atoms with van der Waals surface area (Å²) in [6.07, 6.45) is 0.672. The summed E-state index contributed by atoms with van der Waals surface area (Å²) < 4.78 is 39.1. The zero-order chi connectivity index (χ0) is 19.2. The molecule has 2 aromatic rings. The lowest BCUT2D eigenvalue weighted by molar-refractivity contribution is 0.171. The van der Waals surface area contributed by atoms with E-state index in [0.29, 0.717) is 43.4 Å². The number of sulfonamides is 1. The van der Waals surface area contributed by atoms with Crippen molar-refractivity contribution in [3.05, 3.63) is 53.1 Å². The Morgan fingerprint density at radius 3 is 2.11 bits per heavy atom. The van der Waals surface area contributed by atoms with E-state index < -0.39 is 10.0 Å². The number of hydrogen-bond acceptors (Lipinski definition) is 4. The van der Waals surface area contributed by atoms with Crippen LogP contribution in [0.1, 0.15) is 37.5 Å². The zero-order valence-electron chi connectivity index (χ0n) is 16.0. The van der Waals surface area contributed by atoms with Crippen LogP contribution in [0.15, 0.2) is 41.3 Å². The van der Waals surface area contributed by atoms with Crippen molar-refractivity contribution in [2.75, 3.05) is 19.8 Å². The summed E-state index contributed by atoms with van der Waals surface area (Å²) in [5, 5.41) is 0. The van der Waals surface area contributed by atoms with E-state index in [1.54, 1.807) is 16.4 Å². The largest absolute Gasteiger partial charge is 0.486 e. The Morgan fingerprint density at radius 1 is 0.926 bits per heavy atom. The fourth-order valence-corrected chi connectivity index (χ4v) is 4.97. The highest BCUT2D eigenvalue weighted by molar-refractivity contribution is 7.89. The maximum absolute atomic E-state index is 13.1. The molecule has 144 valence electrons. The van der Waals surface area contributed by atoms with Crippen molar-refractivity contribution in [2.45, 2.75) is 44.0 Å². The van der Waals surface area contributed by atoms with Gasteiger partial charge >= 0.3 is 0 Å². The first-order valence-corrected chi connectivity index (χ1v) is 10.7. The normalized spacial score (nSPS) is 17.4. The number of fused-ring (bicyclic) bond motifs is 2. The van der Waals surface area contributed by atoms with Gasteiger partial charge in [0.15, 0.2) is 11.5 Å². The number of ether oxygens (including phenoxy) is 2. The van der Waals surface area contributed by atoms with E-state index >= 15 is 0 Å². The van der Waals surface area contributed by atoms with Crippen molar-refractivity contribution in [2.24, 2.45) is 0 Å². The molecular weight excluding hydrogens is 362 g/mol. The molecule has 2 aliphatic rings. The van der Waals surface area contributed by atoms with Crippen LogP contribution in [0.2, 0.25) is 0 Å². The number of benzene rings is 2. The Bertz CT molecular complexity index is 959. The molecule has 6 heteroatoms. The van der Waals surface area contributed by atoms with Gasteiger partial charge in [-0.3, -0.25) is 0 Å². The van der Waals surface area contributed by atoms with Crippen molar-refractivity contribution >= 4 is 10.0 Å². The maximum atomic E-state index is 13.1. The Morgan fingerprint density at radius 2 is 1.52 bits per heavy atom. The first-order chi connectivity index (χ1) is 12.7. The minimum Gasteiger partial charge on any atom is -0.486 e. The SMILES string of the molecule is CC(C)(C)c1ccc(S(=O)(=O)N2CCc3cc4c(cc3C2)OCCO4)cc1. The molecular formula is C21H25NO4S. The van der Waals surface area contributed by atoms with Crippen LogP contribution in [0, 0.1) is 0 Å². The standard InChI is InChI=1S/C21H25NO4S/c1-21(2,3)17-4-6-18(7-5-17)27(23,24)22-9-8-15-12-19-20(13-16(15)14-22)26-11-10-25-19/h4-7,12-13H,8-11,14H2,1-3H3. The van der Waals surface area contributed by atoms with Crippen LogP contribution >= 0.6 is 0 Å². The number of hydrogen-bond donors (Lipinski definition) is 0. The summed E-state index contributed by atoms with van der Waals surface area (Å²) in [4.78, 5) is 0.344. The molecule has 4 rings (SSSR count). The molecule has 27 heavy (non-hydrogen) atoms. The van der Waals surface area contributed by atoms with Crippen LogP contribution in [0.4, 0.5) is 0 Å². The van der Waals surface area contributed by atoms with Crippen molar-refractivity contribution in [3.8, 4) is 11.5 Å². The van der Waals surface area contributed by atoms with Crippen molar-refractivity contribution in [3.63, 3.8) is 0 Å². The molecule has 0 aromatic heterocycles. The Labute approximate surface area is 161 Å². The van der Waals surface area contributed by atoms with E-state index in [-0.39, 0.29) is 5.41 Å². The Kier molecular flexibility index (Phi) is 4.43. The molecule has 2 aromatic carbocycles. The molecule has 0 saturated carbocycles. The summed E-state index contributed by atoms with van der Waals surface area (Å²) in [6, 6.07) is 11.2. The van der Waals surface area contributed by atoms with E-state index in [0.717, 1.165) is 22.4 Å². The first-order valence-electron chi connectivity index (χ1n) is 9.27. The molecule has 0 bridgehead atoms. The molecule has 0 fully saturated rings. The van der Waals surface area contributed by atoms with E-state index in [9.17, 15) is 8.42 Å². The van der Waals surface area contributed by atoms with Crippen molar-refractivity contribution in [1.82, 2.24) is 4.31 Å². The minimum absolute atomic E-state index is 0.00643. The number of nitrogens with zero attached hydrogens (tertiary/aromatic N) is 1. The van der Waals surface area contributed by atoms with E-state index in [2.05, 4.69) is 20.8 Å². The summed E-state index contributed by atoms with van der Waals surface area (Å²) in [6.45, 7) is 8.25. The molecule has 0 saturated heterocycles. The van der Waals surface area contributed by atoms with E-state index in [1.165, 1.54) is 0 Å². The molecule has 0 aliphatic carbocycles. The predicted octanol–water partition coefficient (Wildman–Crippen LogP) is 3.50. The van der Waals surface area contributed by atoms with Crippen molar-refractivity contribution in [1.29, 1.82) is 0 Å². The molecule has 2 aliphatic heterocycles. The summed E-state index contributed by atoms with van der Waals surface area (Å²) >= 11 is 0. The van der Waals surface area contributed by atoms with Crippen LogP contribution in [-0.2, 0) is 28.4 Å². The third kappa shape index (κ3) is 3.44. The van der Waals surface area contributed by atoms with Gasteiger partial charge in [-0.15, -0.1) is 0 Å². The second-order valence-corrected chi connectivity index (χ2v) is 10.1. The smallest absolute Gasteiger partial charge is 0.243 e. The molecule has 0 unspecified atom stereocenters. The lowest BCUT2D eigenvalue weighted by atomic mass is 9.87. The fourth-order valence-electron chi connectivity index (χ4n) is 3.55. The van der Waals surface area contributed by atoms with Gasteiger partial charge in [0.1, 0.15) is 13.2 Å². The van der Waals surface area contributed by atoms with Gasteiger partial charge in [0, 0.05) is 13.1 Å². The van der Waals surface area contributed by atoms with Crippen LogP contribution in [0.5, 0.6) is 11.5 Å². The lowest BCUT2D eigenvalue weighted by Gasteiger charge is -2.30. The first kappa shape index (κ1) is 18.3. The van der Waals surface area contributed by atoms with Crippen LogP contribution in [0.25, 0.3) is 0 Å². The monoisotopic (exact) mass is 387 g/mol. The second kappa shape index (κ2) is 6.53. The minimum atomic E-state index is -3.53. The lowest BCUT2D eigenvalue weighted by Crippen LogP contribution is -2.36. The van der Waals surface area contributed by atoms with Crippen LogP contribution in [0.3, 0.4) is 0 Å². The van der Waals surface area contributed by atoms with Crippen molar-refractivity contribution < 1.29 is 17.9 Å². The van der Waals surface area contributed by atoms with Gasteiger partial charge in [-0.25, -0.2) is 8.42 Å². The molecule has 0 spiro atoms. The van der Waals surface area contributed by atoms with Gasteiger partial charge in [-0.2, -0.15) is 4.31 Å². The highest BCUT2D eigenvalue weighted by Crippen LogP contribution is 2.36. The van der Waals surface area contributed by atoms with Gasteiger partial charge in [0.05, 0.1) is 4.90 Å². The third-order valence-corrected chi connectivity index (χ3v) is 7.06. The maximum Gasteiger partial charge on any atom is 0.243 e. The fraction of sp³-hybridized carbons (Fsp3) is 0.429. The van der Waals surface area contributed by atoms with Gasteiger partial charge in [-0.05, 0) is 52.8 Å². The molecule has 2 heterocycles. The summed E-state index contributed by atoms with van der Waals surface area (Å²) in [7, 11) is -3.53. The molecule has 5 nitrogen and oxygen atoms in total. The predicted molar refractivity (Wildman–Crippen MR) is 104 cm³/mol.